The maximum absolute atomic E-state index is 13.1. The zero-order valence-electron chi connectivity index (χ0n) is 16.9. The van der Waals surface area contributed by atoms with Crippen LogP contribution in [0, 0.1) is 12.7 Å². The van der Waals surface area contributed by atoms with Crippen molar-refractivity contribution in [3.05, 3.63) is 53.8 Å². The Kier molecular flexibility index (Phi) is 7.10. The van der Waals surface area contributed by atoms with E-state index in [1.54, 1.807) is 44.4 Å². The minimum atomic E-state index is -3.53. The Labute approximate surface area is 172 Å². The molecule has 1 fully saturated rings. The van der Waals surface area contributed by atoms with Crippen molar-refractivity contribution < 1.29 is 17.5 Å². The maximum Gasteiger partial charge on any atom is 0.240 e. The number of methoxy groups -OCH3 is 1. The normalized spacial score (nSPS) is 15.5. The SMILES string of the molecule is COc1ccc(S(=O)(=O)NCCCN2CCN(c3ccc(F)cc3)CC2)c(C)c1. The molecule has 3 rings (SSSR count). The van der Waals surface area contributed by atoms with Crippen LogP contribution in [0.3, 0.4) is 0 Å². The maximum atomic E-state index is 13.1. The van der Waals surface area contributed by atoms with Gasteiger partial charge in [-0.15, -0.1) is 0 Å². The van der Waals surface area contributed by atoms with Gasteiger partial charge in [-0.1, -0.05) is 0 Å². The van der Waals surface area contributed by atoms with E-state index in [2.05, 4.69) is 14.5 Å². The van der Waals surface area contributed by atoms with Crippen LogP contribution >= 0.6 is 0 Å². The largest absolute Gasteiger partial charge is 0.497 e. The highest BCUT2D eigenvalue weighted by atomic mass is 32.2. The van der Waals surface area contributed by atoms with Crippen molar-refractivity contribution in [2.24, 2.45) is 0 Å². The van der Waals surface area contributed by atoms with Crippen molar-refractivity contribution in [1.29, 1.82) is 0 Å². The van der Waals surface area contributed by atoms with Gasteiger partial charge >= 0.3 is 0 Å². The van der Waals surface area contributed by atoms with Gasteiger partial charge in [-0.3, -0.25) is 4.90 Å². The lowest BCUT2D eigenvalue weighted by Gasteiger charge is -2.36. The van der Waals surface area contributed by atoms with E-state index in [1.807, 2.05) is 0 Å². The predicted molar refractivity (Wildman–Crippen MR) is 113 cm³/mol. The molecule has 0 spiro atoms. The lowest BCUT2D eigenvalue weighted by Crippen LogP contribution is -2.47. The molecule has 1 saturated heterocycles. The summed E-state index contributed by atoms with van der Waals surface area (Å²) in [5, 5.41) is 0. The lowest BCUT2D eigenvalue weighted by molar-refractivity contribution is 0.255. The predicted octanol–water partition coefficient (Wildman–Crippen LogP) is 2.63. The fraction of sp³-hybridized carbons (Fsp3) is 0.429. The van der Waals surface area contributed by atoms with Gasteiger partial charge in [0.1, 0.15) is 11.6 Å². The van der Waals surface area contributed by atoms with Crippen LogP contribution in [0.1, 0.15) is 12.0 Å². The first-order valence-electron chi connectivity index (χ1n) is 9.76. The summed E-state index contributed by atoms with van der Waals surface area (Å²) in [7, 11) is -1.97. The van der Waals surface area contributed by atoms with Gasteiger partial charge in [-0.05, 0) is 67.9 Å². The van der Waals surface area contributed by atoms with E-state index in [1.165, 1.54) is 12.1 Å². The molecule has 1 N–H and O–H groups in total. The summed E-state index contributed by atoms with van der Waals surface area (Å²) in [6.07, 6.45) is 0.741. The Balaban J connectivity index is 1.42. The minimum absolute atomic E-state index is 0.223. The second-order valence-electron chi connectivity index (χ2n) is 7.19. The van der Waals surface area contributed by atoms with Gasteiger partial charge in [0.15, 0.2) is 0 Å². The fourth-order valence-corrected chi connectivity index (χ4v) is 4.82. The number of nitrogens with one attached hydrogen (secondary N) is 1. The summed E-state index contributed by atoms with van der Waals surface area (Å²) in [6, 6.07) is 11.5. The summed E-state index contributed by atoms with van der Waals surface area (Å²) < 4.78 is 45.9. The number of benzene rings is 2. The van der Waals surface area contributed by atoms with E-state index < -0.39 is 10.0 Å². The number of halogens is 1. The molecule has 0 atom stereocenters. The summed E-state index contributed by atoms with van der Waals surface area (Å²) in [5.41, 5.74) is 1.70. The smallest absolute Gasteiger partial charge is 0.240 e. The molecule has 2 aromatic rings. The molecule has 0 amide bonds. The molecular weight excluding hydrogens is 393 g/mol. The molecule has 158 valence electrons. The van der Waals surface area contributed by atoms with Crippen LogP contribution in [0.15, 0.2) is 47.4 Å². The molecule has 0 aliphatic carbocycles. The Morgan fingerprint density at radius 1 is 1.07 bits per heavy atom. The molecule has 0 bridgehead atoms. The standard InChI is InChI=1S/C21H28FN3O3S/c1-17-16-20(28-2)8-9-21(17)29(26,27)23-10-3-11-24-12-14-25(15-13-24)19-6-4-18(22)5-7-19/h4-9,16,23H,3,10-15H2,1-2H3. The number of piperazine rings is 1. The number of sulfonamides is 1. The zero-order valence-corrected chi connectivity index (χ0v) is 17.7. The zero-order chi connectivity index (χ0) is 20.9. The second-order valence-corrected chi connectivity index (χ2v) is 8.92. The Hall–Kier alpha value is -2.16. The number of anilines is 1. The Morgan fingerprint density at radius 3 is 2.38 bits per heavy atom. The van der Waals surface area contributed by atoms with E-state index in [-0.39, 0.29) is 10.7 Å². The van der Waals surface area contributed by atoms with Crippen molar-refractivity contribution in [3.8, 4) is 5.75 Å². The van der Waals surface area contributed by atoms with Crippen LogP contribution in [0.2, 0.25) is 0 Å². The quantitative estimate of drug-likeness (QED) is 0.664. The third-order valence-corrected chi connectivity index (χ3v) is 6.80. The van der Waals surface area contributed by atoms with Gasteiger partial charge in [0.05, 0.1) is 12.0 Å². The molecule has 6 nitrogen and oxygen atoms in total. The van der Waals surface area contributed by atoms with Crippen LogP contribution < -0.4 is 14.4 Å². The van der Waals surface area contributed by atoms with Crippen LogP contribution in [0.4, 0.5) is 10.1 Å². The van der Waals surface area contributed by atoms with Gasteiger partial charge in [0, 0.05) is 38.4 Å². The van der Waals surface area contributed by atoms with Gasteiger partial charge in [0.25, 0.3) is 0 Å². The Bertz CT molecular complexity index is 911. The minimum Gasteiger partial charge on any atom is -0.497 e. The van der Waals surface area contributed by atoms with Gasteiger partial charge in [0.2, 0.25) is 10.0 Å². The van der Waals surface area contributed by atoms with Gasteiger partial charge in [-0.2, -0.15) is 0 Å². The number of rotatable bonds is 8. The molecule has 8 heteroatoms. The van der Waals surface area contributed by atoms with Crippen molar-refractivity contribution in [3.63, 3.8) is 0 Å². The van der Waals surface area contributed by atoms with Gasteiger partial charge < -0.3 is 9.64 Å². The molecule has 0 radical (unpaired) electrons. The molecule has 0 unspecified atom stereocenters. The highest BCUT2D eigenvalue weighted by molar-refractivity contribution is 7.89. The molecule has 0 aromatic heterocycles. The average molecular weight is 422 g/mol. The molecule has 29 heavy (non-hydrogen) atoms. The number of ether oxygens (including phenoxy) is 1. The summed E-state index contributed by atoms with van der Waals surface area (Å²) in [4.78, 5) is 4.85. The summed E-state index contributed by atoms with van der Waals surface area (Å²) in [6.45, 7) is 6.55. The molecule has 0 saturated carbocycles. The second kappa shape index (κ2) is 9.56. The first-order valence-corrected chi connectivity index (χ1v) is 11.2. The first kappa shape index (κ1) is 21.5. The Morgan fingerprint density at radius 2 is 1.76 bits per heavy atom. The number of aryl methyl sites for hydroxylation is 1. The summed E-state index contributed by atoms with van der Waals surface area (Å²) in [5.74, 6) is 0.418. The highest BCUT2D eigenvalue weighted by Gasteiger charge is 2.19. The third kappa shape index (κ3) is 5.68. The fourth-order valence-electron chi connectivity index (χ4n) is 3.52. The van der Waals surface area contributed by atoms with E-state index >= 15 is 0 Å². The van der Waals surface area contributed by atoms with E-state index in [9.17, 15) is 12.8 Å². The van der Waals surface area contributed by atoms with Crippen LogP contribution in [0.25, 0.3) is 0 Å². The lowest BCUT2D eigenvalue weighted by atomic mass is 10.2. The average Bonchev–Trinajstić information content (AvgIpc) is 2.72. The van der Waals surface area contributed by atoms with E-state index in [0.29, 0.717) is 17.9 Å². The monoisotopic (exact) mass is 421 g/mol. The van der Waals surface area contributed by atoms with Crippen LogP contribution in [-0.2, 0) is 10.0 Å². The topological polar surface area (TPSA) is 61.9 Å². The summed E-state index contributed by atoms with van der Waals surface area (Å²) >= 11 is 0. The van der Waals surface area contributed by atoms with Crippen molar-refractivity contribution >= 4 is 15.7 Å². The number of nitrogens with zero attached hydrogens (tertiary/aromatic N) is 2. The van der Waals surface area contributed by atoms with Crippen LogP contribution in [-0.4, -0.2) is 59.7 Å². The third-order valence-electron chi connectivity index (χ3n) is 5.18. The number of hydrogen-bond donors (Lipinski definition) is 1. The van der Waals surface area contributed by atoms with Gasteiger partial charge in [-0.25, -0.2) is 17.5 Å². The van der Waals surface area contributed by atoms with Crippen molar-refractivity contribution in [2.75, 3.05) is 51.3 Å². The molecule has 1 aliphatic rings. The van der Waals surface area contributed by atoms with Crippen LogP contribution in [0.5, 0.6) is 5.75 Å². The van der Waals surface area contributed by atoms with E-state index in [4.69, 9.17) is 4.74 Å². The van der Waals surface area contributed by atoms with E-state index in [0.717, 1.165) is 44.8 Å². The number of hydrogen-bond acceptors (Lipinski definition) is 5. The van der Waals surface area contributed by atoms with Crippen molar-refractivity contribution in [1.82, 2.24) is 9.62 Å². The first-order chi connectivity index (χ1) is 13.9. The molecular formula is C21H28FN3O3S. The van der Waals surface area contributed by atoms with Crippen molar-refractivity contribution in [2.45, 2.75) is 18.2 Å². The molecule has 2 aromatic carbocycles. The molecule has 1 aliphatic heterocycles. The molecule has 1 heterocycles. The highest BCUT2D eigenvalue weighted by Crippen LogP contribution is 2.21.